The van der Waals surface area contributed by atoms with Crippen molar-refractivity contribution in [3.8, 4) is 113 Å². The summed E-state index contributed by atoms with van der Waals surface area (Å²) in [5.74, 6) is 1.28. The van der Waals surface area contributed by atoms with Crippen molar-refractivity contribution in [2.45, 2.75) is 27.7 Å². The van der Waals surface area contributed by atoms with Crippen LogP contribution in [0.2, 0.25) is 0 Å². The molecule has 0 saturated heterocycles. The molecule has 0 aliphatic carbocycles. The number of hydrogen-bond donors (Lipinski definition) is 0. The van der Waals surface area contributed by atoms with Crippen LogP contribution in [0.5, 0.6) is 0 Å². The maximum atomic E-state index is 5.15. The minimum Gasteiger partial charge on any atom is -0.264 e. The van der Waals surface area contributed by atoms with Crippen molar-refractivity contribution in [1.82, 2.24) is 49.8 Å². The second kappa shape index (κ2) is 24.4. The number of rotatable bonds is 10. The van der Waals surface area contributed by atoms with E-state index in [-0.39, 0.29) is 0 Å². The van der Waals surface area contributed by atoms with Crippen molar-refractivity contribution < 1.29 is 0 Å². The standard InChI is InChI=1S/2C41H29N5/c1-26-22-36(44-40-35(26)20-19-30-14-13-27(2)43-39(30)40)33-11-6-10-32(23-33)28-15-17-31(18-16-28)41-45-37(29-8-4-3-5-9-29)24-38(46-41)34-12-7-21-42-25-34;1-26-23-36(44-40-34(26)21-20-31-15-14-27(2)43-39(31)40)33-12-8-11-32(24-33)28-16-18-30(19-17-28)38-25-37(29-9-4-3-5-10-29)45-41(46-38)35-13-6-7-22-42-35/h2*3-25H,1-2H3. The lowest BCUT2D eigenvalue weighted by molar-refractivity contribution is 1.15. The Balaban J connectivity index is 0.000000153. The van der Waals surface area contributed by atoms with Crippen molar-refractivity contribution in [3.63, 3.8) is 0 Å². The van der Waals surface area contributed by atoms with Gasteiger partial charge in [-0.25, -0.2) is 29.9 Å². The quantitative estimate of drug-likeness (QED) is 0.122. The van der Waals surface area contributed by atoms with E-state index in [1.54, 1.807) is 12.4 Å². The molecule has 0 aliphatic rings. The Hall–Kier alpha value is -12.1. The first kappa shape index (κ1) is 56.4. The number of pyridine rings is 6. The van der Waals surface area contributed by atoms with E-state index in [9.17, 15) is 0 Å². The second-order valence-electron chi connectivity index (χ2n) is 23.1. The molecule has 0 atom stereocenters. The largest absolute Gasteiger partial charge is 0.264 e. The Bertz CT molecular complexity index is 4960. The average Bonchev–Trinajstić information content (AvgIpc) is 1.30. The number of benzene rings is 8. The van der Waals surface area contributed by atoms with E-state index in [1.165, 1.54) is 11.1 Å². The lowest BCUT2D eigenvalue weighted by atomic mass is 9.98. The Morgan fingerprint density at radius 1 is 0.228 bits per heavy atom. The monoisotopic (exact) mass is 1180 g/mol. The molecule has 0 amide bonds. The van der Waals surface area contributed by atoms with Gasteiger partial charge in [0, 0.05) is 90.5 Å². The average molecular weight is 1180 g/mol. The molecule has 8 heterocycles. The fourth-order valence-electron chi connectivity index (χ4n) is 11.9. The number of aryl methyl sites for hydroxylation is 4. The maximum absolute atomic E-state index is 5.15. The molecule has 436 valence electrons. The number of nitrogens with zero attached hydrogens (tertiary/aromatic N) is 10. The van der Waals surface area contributed by atoms with Gasteiger partial charge in [-0.1, -0.05) is 188 Å². The summed E-state index contributed by atoms with van der Waals surface area (Å²) in [5.41, 5.74) is 25.7. The van der Waals surface area contributed by atoms with Crippen LogP contribution in [0.3, 0.4) is 0 Å². The predicted octanol–water partition coefficient (Wildman–Crippen LogP) is 19.8. The molecule has 16 rings (SSSR count). The van der Waals surface area contributed by atoms with Gasteiger partial charge < -0.3 is 0 Å². The Kier molecular flexibility index (Phi) is 15.0. The van der Waals surface area contributed by atoms with Gasteiger partial charge in [0.25, 0.3) is 0 Å². The molecule has 8 aromatic heterocycles. The lowest BCUT2D eigenvalue weighted by Crippen LogP contribution is -1.97. The van der Waals surface area contributed by atoms with Crippen LogP contribution < -0.4 is 0 Å². The van der Waals surface area contributed by atoms with E-state index in [4.69, 9.17) is 39.9 Å². The van der Waals surface area contributed by atoms with Gasteiger partial charge in [0.15, 0.2) is 11.6 Å². The normalized spacial score (nSPS) is 11.3. The highest BCUT2D eigenvalue weighted by Gasteiger charge is 2.17. The molecule has 10 heteroatoms. The highest BCUT2D eigenvalue weighted by molar-refractivity contribution is 6.06. The first-order chi connectivity index (χ1) is 45.2. The molecule has 0 bridgehead atoms. The van der Waals surface area contributed by atoms with Crippen LogP contribution in [-0.2, 0) is 0 Å². The third-order valence-corrected chi connectivity index (χ3v) is 16.7. The van der Waals surface area contributed by atoms with Crippen molar-refractivity contribution in [3.05, 3.63) is 302 Å². The molecule has 0 saturated carbocycles. The minimum atomic E-state index is 0.602. The summed E-state index contributed by atoms with van der Waals surface area (Å²) in [6.07, 6.45) is 5.38. The van der Waals surface area contributed by atoms with Crippen LogP contribution in [0.15, 0.2) is 279 Å². The third-order valence-electron chi connectivity index (χ3n) is 16.7. The zero-order valence-electron chi connectivity index (χ0n) is 51.0. The molecule has 0 radical (unpaired) electrons. The van der Waals surface area contributed by atoms with Crippen LogP contribution in [0.4, 0.5) is 0 Å². The molecule has 8 aromatic carbocycles. The van der Waals surface area contributed by atoms with Crippen LogP contribution in [0, 0.1) is 27.7 Å². The minimum absolute atomic E-state index is 0.602. The van der Waals surface area contributed by atoms with Gasteiger partial charge in [0.05, 0.1) is 56.2 Å². The highest BCUT2D eigenvalue weighted by atomic mass is 14.9. The topological polar surface area (TPSA) is 129 Å². The van der Waals surface area contributed by atoms with Crippen molar-refractivity contribution in [1.29, 1.82) is 0 Å². The number of aromatic nitrogens is 10. The zero-order valence-corrected chi connectivity index (χ0v) is 51.0. The summed E-state index contributed by atoms with van der Waals surface area (Å²) >= 11 is 0. The molecule has 0 N–H and O–H groups in total. The summed E-state index contributed by atoms with van der Waals surface area (Å²) in [6.45, 7) is 8.34. The third kappa shape index (κ3) is 11.5. The van der Waals surface area contributed by atoms with Crippen molar-refractivity contribution >= 4 is 43.6 Å². The van der Waals surface area contributed by atoms with E-state index in [2.05, 4.69) is 194 Å². The van der Waals surface area contributed by atoms with Gasteiger partial charge in [0.2, 0.25) is 0 Å². The molecule has 0 spiro atoms. The van der Waals surface area contributed by atoms with E-state index >= 15 is 0 Å². The smallest absolute Gasteiger partial charge is 0.179 e. The van der Waals surface area contributed by atoms with E-state index in [1.807, 2.05) is 111 Å². The van der Waals surface area contributed by atoms with Crippen LogP contribution in [0.1, 0.15) is 22.5 Å². The van der Waals surface area contributed by atoms with Crippen LogP contribution >= 0.6 is 0 Å². The Morgan fingerprint density at radius 3 is 1.13 bits per heavy atom. The fraction of sp³-hybridized carbons (Fsp3) is 0.0488. The van der Waals surface area contributed by atoms with Crippen LogP contribution in [0.25, 0.3) is 156 Å². The SMILES string of the molecule is Cc1ccc2ccc3c(C)cc(-c4cccc(-c5ccc(-c6cc(-c7ccccc7)nc(-c7ccccn7)n6)cc5)c4)nc3c2n1.Cc1ccc2ccc3c(C)cc(-c4cccc(-c5ccc(-c6nc(-c7ccccc7)cc(-c7cccnc7)n6)cc5)c4)nc3c2n1. The van der Waals surface area contributed by atoms with Gasteiger partial charge >= 0.3 is 0 Å². The Labute approximate surface area is 532 Å². The van der Waals surface area contributed by atoms with Crippen molar-refractivity contribution in [2.24, 2.45) is 0 Å². The van der Waals surface area contributed by atoms with Crippen molar-refractivity contribution in [2.75, 3.05) is 0 Å². The van der Waals surface area contributed by atoms with Crippen LogP contribution in [-0.4, -0.2) is 49.8 Å². The molecule has 10 nitrogen and oxygen atoms in total. The molecule has 0 fully saturated rings. The van der Waals surface area contributed by atoms with Gasteiger partial charge in [-0.2, -0.15) is 0 Å². The van der Waals surface area contributed by atoms with Gasteiger partial charge in [0.1, 0.15) is 5.69 Å². The van der Waals surface area contributed by atoms with Gasteiger partial charge in [-0.05, 0) is 134 Å². The van der Waals surface area contributed by atoms with E-state index in [0.717, 1.165) is 156 Å². The van der Waals surface area contributed by atoms with Gasteiger partial charge in [-0.15, -0.1) is 0 Å². The first-order valence-electron chi connectivity index (χ1n) is 30.7. The number of hydrogen-bond acceptors (Lipinski definition) is 10. The van der Waals surface area contributed by atoms with E-state index in [0.29, 0.717) is 11.6 Å². The summed E-state index contributed by atoms with van der Waals surface area (Å²) in [6, 6.07) is 89.6. The van der Waals surface area contributed by atoms with E-state index < -0.39 is 0 Å². The second-order valence-corrected chi connectivity index (χ2v) is 23.1. The zero-order chi connectivity index (χ0) is 62.1. The van der Waals surface area contributed by atoms with Gasteiger partial charge in [-0.3, -0.25) is 19.9 Å². The molecule has 16 aromatic rings. The lowest BCUT2D eigenvalue weighted by Gasteiger charge is -2.11. The summed E-state index contributed by atoms with van der Waals surface area (Å²) in [5, 5.41) is 4.46. The first-order valence-corrected chi connectivity index (χ1v) is 30.7. The predicted molar refractivity (Wildman–Crippen MR) is 374 cm³/mol. The molecule has 92 heavy (non-hydrogen) atoms. The molecule has 0 aliphatic heterocycles. The summed E-state index contributed by atoms with van der Waals surface area (Å²) in [4.78, 5) is 48.5. The summed E-state index contributed by atoms with van der Waals surface area (Å²) < 4.78 is 0. The number of fused-ring (bicyclic) bond motifs is 6. The Morgan fingerprint density at radius 2 is 0.641 bits per heavy atom. The molecule has 0 unspecified atom stereocenters. The molecular weight excluding hydrogens is 1120 g/mol. The summed E-state index contributed by atoms with van der Waals surface area (Å²) in [7, 11) is 0. The maximum Gasteiger partial charge on any atom is 0.179 e. The molecular formula is C82H58N10. The fourth-order valence-corrected chi connectivity index (χ4v) is 11.9. The highest BCUT2D eigenvalue weighted by Crippen LogP contribution is 2.36.